The summed E-state index contributed by atoms with van der Waals surface area (Å²) in [6, 6.07) is 1.71. The average Bonchev–Trinajstić information content (AvgIpc) is 2.91. The van der Waals surface area contributed by atoms with E-state index in [0.29, 0.717) is 6.61 Å². The van der Waals surface area contributed by atoms with Crippen LogP contribution in [0.1, 0.15) is 77.6 Å². The lowest BCUT2D eigenvalue weighted by Crippen LogP contribution is -2.51. The predicted molar refractivity (Wildman–Crippen MR) is 88.3 cm³/mol. The Hall–Kier alpha value is -0.0800. The third kappa shape index (κ3) is 3.47. The van der Waals surface area contributed by atoms with Gasteiger partial charge in [-0.05, 0) is 62.8 Å². The Balaban J connectivity index is 1.57. The number of fused-ring (bicyclic) bond motifs is 3. The van der Waals surface area contributed by atoms with Crippen LogP contribution in [0.25, 0.3) is 0 Å². The Morgan fingerprint density at radius 2 is 1.81 bits per heavy atom. The molecule has 0 aromatic rings. The average molecular weight is 293 g/mol. The van der Waals surface area contributed by atoms with Crippen molar-refractivity contribution in [3.63, 3.8) is 0 Å². The Morgan fingerprint density at radius 1 is 0.952 bits per heavy atom. The Kier molecular flexibility index (Phi) is 5.61. The van der Waals surface area contributed by atoms with E-state index in [2.05, 4.69) is 11.8 Å². The zero-order chi connectivity index (χ0) is 14.7. The fraction of sp³-hybridized carbons (Fsp3) is 1.00. The predicted octanol–water partition coefficient (Wildman–Crippen LogP) is 4.22. The molecule has 0 amide bonds. The van der Waals surface area contributed by atoms with Crippen LogP contribution in [0, 0.1) is 17.8 Å². The van der Waals surface area contributed by atoms with E-state index in [-0.39, 0.29) is 0 Å². The second kappa shape index (κ2) is 7.46. The van der Waals surface area contributed by atoms with Crippen molar-refractivity contribution < 1.29 is 5.11 Å². The van der Waals surface area contributed by atoms with Crippen LogP contribution in [0.15, 0.2) is 0 Å². The molecule has 5 atom stereocenters. The summed E-state index contributed by atoms with van der Waals surface area (Å²) in [5.41, 5.74) is 0. The van der Waals surface area contributed by atoms with Crippen molar-refractivity contribution >= 4 is 0 Å². The maximum Gasteiger partial charge on any atom is 0.0434 e. The summed E-state index contributed by atoms with van der Waals surface area (Å²) < 4.78 is 0. The molecule has 21 heavy (non-hydrogen) atoms. The molecule has 2 saturated heterocycles. The van der Waals surface area contributed by atoms with Crippen LogP contribution in [0.4, 0.5) is 0 Å². The highest BCUT2D eigenvalue weighted by Gasteiger charge is 2.45. The molecule has 3 aliphatic rings. The fourth-order valence-electron chi connectivity index (χ4n) is 5.63. The maximum absolute atomic E-state index is 9.29. The summed E-state index contributed by atoms with van der Waals surface area (Å²) in [4.78, 5) is 2.89. The van der Waals surface area contributed by atoms with Gasteiger partial charge in [-0.15, -0.1) is 0 Å². The van der Waals surface area contributed by atoms with Gasteiger partial charge < -0.3 is 5.11 Å². The van der Waals surface area contributed by atoms with Gasteiger partial charge in [-0.3, -0.25) is 4.90 Å². The maximum atomic E-state index is 9.29. The normalized spacial score (nSPS) is 40.0. The van der Waals surface area contributed by atoms with Crippen molar-refractivity contribution in [2.75, 3.05) is 13.2 Å². The monoisotopic (exact) mass is 293 g/mol. The summed E-state index contributed by atoms with van der Waals surface area (Å²) in [5, 5.41) is 9.29. The van der Waals surface area contributed by atoms with Crippen LogP contribution in [0.2, 0.25) is 0 Å². The molecule has 5 unspecified atom stereocenters. The van der Waals surface area contributed by atoms with Crippen LogP contribution in [0.5, 0.6) is 0 Å². The standard InChI is InChI=1S/C19H35NO/c1-2-3-4-5-15-6-7-16-8-9-18-17(11-13-21)10-12-20(18)19(16)14-15/h15-19,21H,2-14H2,1H3. The number of rotatable bonds is 6. The molecule has 0 bridgehead atoms. The second-order valence-electron chi connectivity index (χ2n) is 7.95. The number of hydrogen-bond acceptors (Lipinski definition) is 2. The van der Waals surface area contributed by atoms with Crippen LogP contribution < -0.4 is 0 Å². The lowest BCUT2D eigenvalue weighted by atomic mass is 9.71. The lowest BCUT2D eigenvalue weighted by molar-refractivity contribution is 0.0106. The minimum absolute atomic E-state index is 0.392. The molecule has 0 radical (unpaired) electrons. The van der Waals surface area contributed by atoms with Gasteiger partial charge in [-0.25, -0.2) is 0 Å². The quantitative estimate of drug-likeness (QED) is 0.741. The first kappa shape index (κ1) is 15.8. The van der Waals surface area contributed by atoms with Crippen LogP contribution in [-0.4, -0.2) is 35.2 Å². The smallest absolute Gasteiger partial charge is 0.0434 e. The van der Waals surface area contributed by atoms with Gasteiger partial charge in [0, 0.05) is 18.7 Å². The molecule has 2 heteroatoms. The summed E-state index contributed by atoms with van der Waals surface area (Å²) in [7, 11) is 0. The zero-order valence-corrected chi connectivity index (χ0v) is 14.0. The van der Waals surface area contributed by atoms with Gasteiger partial charge in [0.25, 0.3) is 0 Å². The van der Waals surface area contributed by atoms with E-state index in [1.54, 1.807) is 0 Å². The van der Waals surface area contributed by atoms with Crippen molar-refractivity contribution in [3.05, 3.63) is 0 Å². The molecule has 3 fully saturated rings. The van der Waals surface area contributed by atoms with Gasteiger partial charge in [0.2, 0.25) is 0 Å². The highest BCUT2D eigenvalue weighted by atomic mass is 16.3. The topological polar surface area (TPSA) is 23.5 Å². The SMILES string of the molecule is CCCCCC1CCC2CCC3C(CCO)CCN3C2C1. The molecule has 1 N–H and O–H groups in total. The largest absolute Gasteiger partial charge is 0.396 e. The first-order valence-corrected chi connectivity index (χ1v) is 9.70. The van der Waals surface area contributed by atoms with Crippen LogP contribution in [-0.2, 0) is 0 Å². The number of nitrogens with zero attached hydrogens (tertiary/aromatic N) is 1. The van der Waals surface area contributed by atoms with Gasteiger partial charge in [-0.1, -0.05) is 39.0 Å². The number of aliphatic hydroxyl groups excluding tert-OH is 1. The molecule has 2 heterocycles. The van der Waals surface area contributed by atoms with Crippen molar-refractivity contribution in [1.29, 1.82) is 0 Å². The molecule has 2 nitrogen and oxygen atoms in total. The van der Waals surface area contributed by atoms with E-state index < -0.39 is 0 Å². The van der Waals surface area contributed by atoms with E-state index in [9.17, 15) is 5.11 Å². The number of piperidine rings is 1. The Bertz CT molecular complexity index is 317. The van der Waals surface area contributed by atoms with Crippen molar-refractivity contribution in [2.45, 2.75) is 89.6 Å². The van der Waals surface area contributed by atoms with Gasteiger partial charge in [0.1, 0.15) is 0 Å². The summed E-state index contributed by atoms with van der Waals surface area (Å²) in [5.74, 6) is 2.79. The third-order valence-electron chi connectivity index (χ3n) is 6.77. The molecule has 122 valence electrons. The van der Waals surface area contributed by atoms with E-state index in [1.807, 2.05) is 0 Å². The molecule has 2 aliphatic heterocycles. The minimum Gasteiger partial charge on any atom is -0.396 e. The van der Waals surface area contributed by atoms with Gasteiger partial charge >= 0.3 is 0 Å². The molecule has 1 saturated carbocycles. The van der Waals surface area contributed by atoms with Crippen LogP contribution in [0.3, 0.4) is 0 Å². The highest BCUT2D eigenvalue weighted by Crippen LogP contribution is 2.46. The highest BCUT2D eigenvalue weighted by molar-refractivity contribution is 4.99. The molecule has 1 aliphatic carbocycles. The van der Waals surface area contributed by atoms with E-state index in [1.165, 1.54) is 70.8 Å². The van der Waals surface area contributed by atoms with Crippen molar-refractivity contribution in [2.24, 2.45) is 17.8 Å². The number of unbranched alkanes of at least 4 members (excludes halogenated alkanes) is 2. The molecule has 0 aromatic heterocycles. The molecule has 3 rings (SSSR count). The number of hydrogen-bond donors (Lipinski definition) is 1. The first-order valence-electron chi connectivity index (χ1n) is 9.70. The Labute approximate surface area is 131 Å². The molecular formula is C19H35NO. The van der Waals surface area contributed by atoms with Crippen LogP contribution >= 0.6 is 0 Å². The van der Waals surface area contributed by atoms with Gasteiger partial charge in [0.15, 0.2) is 0 Å². The second-order valence-corrected chi connectivity index (χ2v) is 7.95. The van der Waals surface area contributed by atoms with Gasteiger partial charge in [-0.2, -0.15) is 0 Å². The van der Waals surface area contributed by atoms with Gasteiger partial charge in [0.05, 0.1) is 0 Å². The summed E-state index contributed by atoms with van der Waals surface area (Å²) in [6.07, 6.45) is 15.5. The molecule has 0 aromatic carbocycles. The Morgan fingerprint density at radius 3 is 2.62 bits per heavy atom. The van der Waals surface area contributed by atoms with Crippen molar-refractivity contribution in [3.8, 4) is 0 Å². The molecule has 0 spiro atoms. The van der Waals surface area contributed by atoms with E-state index in [0.717, 1.165) is 36.3 Å². The molecular weight excluding hydrogens is 258 g/mol. The van der Waals surface area contributed by atoms with Crippen molar-refractivity contribution in [1.82, 2.24) is 4.90 Å². The lowest BCUT2D eigenvalue weighted by Gasteiger charge is -2.48. The van der Waals surface area contributed by atoms with E-state index in [4.69, 9.17) is 0 Å². The first-order chi connectivity index (χ1) is 10.3. The zero-order valence-electron chi connectivity index (χ0n) is 14.0. The van der Waals surface area contributed by atoms with E-state index >= 15 is 0 Å². The summed E-state index contributed by atoms with van der Waals surface area (Å²) >= 11 is 0. The number of aliphatic hydroxyl groups is 1. The third-order valence-corrected chi connectivity index (χ3v) is 6.77. The summed E-state index contributed by atoms with van der Waals surface area (Å²) in [6.45, 7) is 4.02. The minimum atomic E-state index is 0.392. The fourth-order valence-corrected chi connectivity index (χ4v) is 5.63.